The van der Waals surface area contributed by atoms with Gasteiger partial charge < -0.3 is 21.7 Å². The first-order chi connectivity index (χ1) is 24.2. The van der Waals surface area contributed by atoms with Crippen LogP contribution in [-0.2, 0) is 4.79 Å². The smallest absolute Gasteiger partial charge is 0.236 e. The summed E-state index contributed by atoms with van der Waals surface area (Å²) >= 11 is 0. The summed E-state index contributed by atoms with van der Waals surface area (Å²) in [4.78, 5) is 15.1. The first-order valence-electron chi connectivity index (χ1n) is 22.6. The van der Waals surface area contributed by atoms with Crippen molar-refractivity contribution in [1.29, 1.82) is 0 Å². The molecule has 0 unspecified atom stereocenters. The van der Waals surface area contributed by atoms with E-state index in [-0.39, 0.29) is 5.91 Å². The van der Waals surface area contributed by atoms with Gasteiger partial charge in [0.25, 0.3) is 0 Å². The third kappa shape index (κ3) is 38.4. The van der Waals surface area contributed by atoms with Crippen molar-refractivity contribution in [3.05, 3.63) is 0 Å². The average molecular weight is 693 g/mol. The molecule has 5 heteroatoms. The Kier molecular flexibility index (Phi) is 41.2. The van der Waals surface area contributed by atoms with Crippen molar-refractivity contribution in [3.63, 3.8) is 0 Å². The Labute approximate surface area is 309 Å². The lowest BCUT2D eigenvalue weighted by atomic mass is 10.0. The fourth-order valence-corrected chi connectivity index (χ4v) is 7.21. The van der Waals surface area contributed by atoms with Gasteiger partial charge in [0.05, 0.1) is 6.04 Å². The van der Waals surface area contributed by atoms with Crippen LogP contribution in [0.15, 0.2) is 0 Å². The fourth-order valence-electron chi connectivity index (χ4n) is 7.21. The molecule has 1 atom stereocenters. The molecule has 5 nitrogen and oxygen atoms in total. The van der Waals surface area contributed by atoms with Gasteiger partial charge in [-0.3, -0.25) is 4.79 Å². The molecule has 0 aromatic heterocycles. The molecule has 0 saturated carbocycles. The van der Waals surface area contributed by atoms with Crippen LogP contribution in [0.2, 0.25) is 0 Å². The standard InChI is InChI=1S/C44H92N4O/c1-3-5-7-9-11-13-15-17-19-21-23-25-27-29-31-35-40-48(42-39-47-44(49)43(46)37-33-34-38-45)41-36-32-30-28-26-24-22-20-18-16-14-12-10-8-6-4-2/h43H,3-42,45-46H2,1-2H3,(H,47,49)/t43-/m0/s1. The first kappa shape index (κ1) is 48.3. The molecular weight excluding hydrogens is 601 g/mol. The van der Waals surface area contributed by atoms with Crippen LogP contribution in [0.4, 0.5) is 0 Å². The van der Waals surface area contributed by atoms with Crippen LogP contribution < -0.4 is 16.8 Å². The number of nitrogens with zero attached hydrogens (tertiary/aromatic N) is 1. The molecule has 0 fully saturated rings. The number of nitrogens with one attached hydrogen (secondary N) is 1. The van der Waals surface area contributed by atoms with E-state index in [4.69, 9.17) is 11.5 Å². The highest BCUT2D eigenvalue weighted by atomic mass is 16.2. The van der Waals surface area contributed by atoms with Crippen LogP contribution in [0.5, 0.6) is 0 Å². The number of hydrogen-bond acceptors (Lipinski definition) is 4. The molecule has 5 N–H and O–H groups in total. The van der Waals surface area contributed by atoms with E-state index in [0.29, 0.717) is 13.1 Å². The predicted octanol–water partition coefficient (Wildman–Crippen LogP) is 12.4. The van der Waals surface area contributed by atoms with E-state index in [0.717, 1.165) is 38.9 Å². The zero-order valence-corrected chi connectivity index (χ0v) is 33.9. The molecule has 0 aliphatic carbocycles. The molecular formula is C44H92N4O. The zero-order valence-electron chi connectivity index (χ0n) is 33.9. The Morgan fingerprint density at radius 3 is 1.06 bits per heavy atom. The molecule has 0 heterocycles. The summed E-state index contributed by atoms with van der Waals surface area (Å²) in [6, 6.07) is -0.402. The third-order valence-corrected chi connectivity index (χ3v) is 10.7. The molecule has 294 valence electrons. The lowest BCUT2D eigenvalue weighted by Crippen LogP contribution is -2.43. The summed E-state index contributed by atoms with van der Waals surface area (Å²) in [6.45, 7) is 9.24. The van der Waals surface area contributed by atoms with Gasteiger partial charge in [0.1, 0.15) is 0 Å². The van der Waals surface area contributed by atoms with E-state index >= 15 is 0 Å². The third-order valence-electron chi connectivity index (χ3n) is 10.7. The van der Waals surface area contributed by atoms with Gasteiger partial charge in [0, 0.05) is 13.1 Å². The number of nitrogens with two attached hydrogens (primary N) is 2. The van der Waals surface area contributed by atoms with Crippen molar-refractivity contribution in [2.75, 3.05) is 32.7 Å². The first-order valence-corrected chi connectivity index (χ1v) is 22.6. The van der Waals surface area contributed by atoms with E-state index in [1.54, 1.807) is 0 Å². The van der Waals surface area contributed by atoms with Crippen LogP contribution in [-0.4, -0.2) is 49.6 Å². The van der Waals surface area contributed by atoms with Gasteiger partial charge in [-0.2, -0.15) is 0 Å². The Balaban J connectivity index is 4.00. The van der Waals surface area contributed by atoms with Crippen LogP contribution in [0.1, 0.15) is 239 Å². The van der Waals surface area contributed by atoms with E-state index in [1.165, 1.54) is 205 Å². The lowest BCUT2D eigenvalue weighted by Gasteiger charge is -2.23. The van der Waals surface area contributed by atoms with Crippen molar-refractivity contribution in [3.8, 4) is 0 Å². The van der Waals surface area contributed by atoms with E-state index in [9.17, 15) is 4.79 Å². The topological polar surface area (TPSA) is 84.4 Å². The second-order valence-corrected chi connectivity index (χ2v) is 15.6. The molecule has 0 saturated heterocycles. The van der Waals surface area contributed by atoms with Crippen LogP contribution in [0.3, 0.4) is 0 Å². The fraction of sp³-hybridized carbons (Fsp3) is 0.977. The summed E-state index contributed by atoms with van der Waals surface area (Å²) < 4.78 is 0. The number of carbonyl (C=O) groups is 1. The predicted molar refractivity (Wildman–Crippen MR) is 219 cm³/mol. The summed E-state index contributed by atoms with van der Waals surface area (Å²) in [5, 5.41) is 3.12. The molecule has 0 rings (SSSR count). The highest BCUT2D eigenvalue weighted by Crippen LogP contribution is 2.16. The van der Waals surface area contributed by atoms with Gasteiger partial charge in [-0.25, -0.2) is 0 Å². The number of carbonyl (C=O) groups excluding carboxylic acids is 1. The highest BCUT2D eigenvalue weighted by Gasteiger charge is 2.13. The minimum absolute atomic E-state index is 0.00166. The van der Waals surface area contributed by atoms with Crippen molar-refractivity contribution in [2.24, 2.45) is 11.5 Å². The van der Waals surface area contributed by atoms with Crippen molar-refractivity contribution in [2.45, 2.75) is 245 Å². The number of hydrogen-bond donors (Lipinski definition) is 3. The average Bonchev–Trinajstić information content (AvgIpc) is 3.10. The minimum atomic E-state index is -0.402. The molecule has 1 amide bonds. The molecule has 0 aromatic carbocycles. The monoisotopic (exact) mass is 693 g/mol. The molecule has 0 aliphatic rings. The van der Waals surface area contributed by atoms with E-state index in [2.05, 4.69) is 24.1 Å². The summed E-state index contributed by atoms with van der Waals surface area (Å²) in [5.74, 6) is 0.00166. The van der Waals surface area contributed by atoms with Crippen molar-refractivity contribution < 1.29 is 4.79 Å². The highest BCUT2D eigenvalue weighted by molar-refractivity contribution is 5.81. The number of amides is 1. The van der Waals surface area contributed by atoms with Crippen molar-refractivity contribution in [1.82, 2.24) is 10.2 Å². The van der Waals surface area contributed by atoms with Crippen molar-refractivity contribution >= 4 is 5.91 Å². The largest absolute Gasteiger partial charge is 0.353 e. The number of unbranched alkanes of at least 4 members (excludes halogenated alkanes) is 31. The maximum Gasteiger partial charge on any atom is 0.236 e. The Hall–Kier alpha value is -0.650. The molecule has 0 aromatic rings. The van der Waals surface area contributed by atoms with Gasteiger partial charge in [0.2, 0.25) is 5.91 Å². The Morgan fingerprint density at radius 1 is 0.449 bits per heavy atom. The molecule has 0 bridgehead atoms. The van der Waals surface area contributed by atoms with Crippen LogP contribution >= 0.6 is 0 Å². The van der Waals surface area contributed by atoms with Crippen LogP contribution in [0.25, 0.3) is 0 Å². The quantitative estimate of drug-likeness (QED) is 0.0556. The lowest BCUT2D eigenvalue weighted by molar-refractivity contribution is -0.122. The second kappa shape index (κ2) is 41.8. The molecule has 0 radical (unpaired) electrons. The van der Waals surface area contributed by atoms with Gasteiger partial charge in [-0.05, 0) is 45.3 Å². The van der Waals surface area contributed by atoms with E-state index in [1.807, 2.05) is 0 Å². The normalized spacial score (nSPS) is 12.3. The SMILES string of the molecule is CCCCCCCCCCCCCCCCCCN(CCCCCCCCCCCCCCCCCC)CCNC(=O)[C@@H](N)CCCCN. The number of rotatable bonds is 42. The van der Waals surface area contributed by atoms with Crippen LogP contribution in [0, 0.1) is 0 Å². The maximum absolute atomic E-state index is 12.5. The van der Waals surface area contributed by atoms with Gasteiger partial charge >= 0.3 is 0 Å². The van der Waals surface area contributed by atoms with Gasteiger partial charge in [0.15, 0.2) is 0 Å². The summed E-state index contributed by atoms with van der Waals surface area (Å²) in [7, 11) is 0. The van der Waals surface area contributed by atoms with E-state index < -0.39 is 6.04 Å². The Morgan fingerprint density at radius 2 is 0.755 bits per heavy atom. The van der Waals surface area contributed by atoms with Gasteiger partial charge in [-0.15, -0.1) is 0 Å². The molecule has 0 aliphatic heterocycles. The van der Waals surface area contributed by atoms with Gasteiger partial charge in [-0.1, -0.05) is 213 Å². The summed E-state index contributed by atoms with van der Waals surface area (Å²) in [5.41, 5.74) is 11.7. The second-order valence-electron chi connectivity index (χ2n) is 15.6. The summed E-state index contributed by atoms with van der Waals surface area (Å²) in [6.07, 6.45) is 47.8. The molecule has 49 heavy (non-hydrogen) atoms. The Bertz CT molecular complexity index is 594. The molecule has 0 spiro atoms. The minimum Gasteiger partial charge on any atom is -0.353 e. The zero-order chi connectivity index (χ0) is 35.7. The maximum atomic E-state index is 12.5.